The third kappa shape index (κ3) is 3.51. The molecule has 1 aliphatic rings. The van der Waals surface area contributed by atoms with Crippen molar-refractivity contribution in [3.05, 3.63) is 61.7 Å². The van der Waals surface area contributed by atoms with Crippen LogP contribution in [0.25, 0.3) is 10.9 Å². The fourth-order valence-corrected chi connectivity index (χ4v) is 4.35. The largest absolute Gasteiger partial charge is 0.363 e. The lowest BCUT2D eigenvalue weighted by atomic mass is 9.97. The van der Waals surface area contributed by atoms with Crippen molar-refractivity contribution in [2.75, 3.05) is 5.32 Å². The van der Waals surface area contributed by atoms with Gasteiger partial charge in [-0.1, -0.05) is 18.2 Å². The zero-order chi connectivity index (χ0) is 21.8. The molecule has 1 N–H and O–H groups in total. The summed E-state index contributed by atoms with van der Waals surface area (Å²) in [6.07, 6.45) is 1.17. The van der Waals surface area contributed by atoms with E-state index < -0.39 is 6.43 Å². The molecule has 8 heteroatoms. The molecule has 0 bridgehead atoms. The number of benzene rings is 1. The van der Waals surface area contributed by atoms with Gasteiger partial charge in [0, 0.05) is 17.3 Å². The molecule has 0 aliphatic heterocycles. The molecule has 0 spiro atoms. The highest BCUT2D eigenvalue weighted by Gasteiger charge is 2.40. The monoisotopic (exact) mass is 476 g/mol. The lowest BCUT2D eigenvalue weighted by Crippen LogP contribution is -2.29. The maximum atomic E-state index is 13.3. The second kappa shape index (κ2) is 7.41. The van der Waals surface area contributed by atoms with E-state index in [1.165, 1.54) is 6.07 Å². The minimum Gasteiger partial charge on any atom is -0.363 e. The predicted molar refractivity (Wildman–Crippen MR) is 117 cm³/mol. The number of aromatic nitrogens is 3. The van der Waals surface area contributed by atoms with Crippen LogP contribution in [0.5, 0.6) is 0 Å². The fourth-order valence-electron chi connectivity index (χ4n) is 3.86. The van der Waals surface area contributed by atoms with E-state index in [0.717, 1.165) is 23.8 Å². The number of aryl methyl sites for hydroxylation is 1. The third-order valence-electron chi connectivity index (χ3n) is 5.96. The Kier molecular flexibility index (Phi) is 5.16. The lowest BCUT2D eigenvalue weighted by Gasteiger charge is -2.21. The van der Waals surface area contributed by atoms with Gasteiger partial charge in [0.1, 0.15) is 16.1 Å². The minimum atomic E-state index is -2.52. The number of hydrogen-bond acceptors (Lipinski definition) is 4. The van der Waals surface area contributed by atoms with Crippen LogP contribution in [-0.2, 0) is 5.54 Å². The molecule has 0 radical (unpaired) electrons. The van der Waals surface area contributed by atoms with E-state index in [-0.39, 0.29) is 22.7 Å². The number of hydrogen-bond donors (Lipinski definition) is 1. The molecule has 0 amide bonds. The van der Waals surface area contributed by atoms with Gasteiger partial charge >= 0.3 is 0 Å². The van der Waals surface area contributed by atoms with Crippen LogP contribution in [0.3, 0.4) is 0 Å². The van der Waals surface area contributed by atoms with Crippen LogP contribution >= 0.6 is 15.9 Å². The molecule has 5 nitrogen and oxygen atoms in total. The zero-order valence-electron chi connectivity index (χ0n) is 17.3. The Balaban J connectivity index is 1.82. The van der Waals surface area contributed by atoms with Crippen LogP contribution in [0.15, 0.2) is 33.7 Å². The van der Waals surface area contributed by atoms with Crippen LogP contribution in [0.4, 0.5) is 14.6 Å². The molecule has 2 aromatic heterocycles. The van der Waals surface area contributed by atoms with Crippen LogP contribution in [0.1, 0.15) is 61.7 Å². The first-order chi connectivity index (χ1) is 14.1. The first kappa shape index (κ1) is 20.9. The molecule has 0 unspecified atom stereocenters. The number of pyridine rings is 1. The van der Waals surface area contributed by atoms with E-state index in [0.29, 0.717) is 27.2 Å². The number of rotatable bonds is 5. The Hall–Kier alpha value is -2.35. The fraction of sp³-hybridized carbons (Fsp3) is 0.409. The normalized spacial score (nSPS) is 16.1. The minimum absolute atomic E-state index is 0.0307. The Morgan fingerprint density at radius 1 is 1.20 bits per heavy atom. The van der Waals surface area contributed by atoms with Crippen LogP contribution in [0, 0.1) is 13.8 Å². The second-order valence-electron chi connectivity index (χ2n) is 8.23. The highest BCUT2D eigenvalue weighted by Crippen LogP contribution is 2.43. The SMILES string of the molecule is Cc1nc(N[C@@H](C)c2cccc(C(F)F)c2C)c2cn(C3(C)CC3)c(=O)c(Br)c2n1. The van der Waals surface area contributed by atoms with Crippen molar-refractivity contribution >= 4 is 32.7 Å². The summed E-state index contributed by atoms with van der Waals surface area (Å²) in [6, 6.07) is 4.67. The Morgan fingerprint density at radius 3 is 2.50 bits per heavy atom. The van der Waals surface area contributed by atoms with Crippen molar-refractivity contribution in [1.29, 1.82) is 0 Å². The lowest BCUT2D eigenvalue weighted by molar-refractivity contribution is 0.150. The quantitative estimate of drug-likeness (QED) is 0.506. The molecule has 1 fully saturated rings. The van der Waals surface area contributed by atoms with Crippen molar-refractivity contribution in [2.24, 2.45) is 0 Å². The molecule has 1 aliphatic carbocycles. The second-order valence-corrected chi connectivity index (χ2v) is 9.02. The smallest absolute Gasteiger partial charge is 0.267 e. The van der Waals surface area contributed by atoms with Crippen molar-refractivity contribution in [1.82, 2.24) is 14.5 Å². The summed E-state index contributed by atoms with van der Waals surface area (Å²) in [6.45, 7) is 7.43. The first-order valence-electron chi connectivity index (χ1n) is 9.86. The van der Waals surface area contributed by atoms with Crippen molar-refractivity contribution in [3.63, 3.8) is 0 Å². The number of anilines is 1. The van der Waals surface area contributed by atoms with Gasteiger partial charge in [-0.15, -0.1) is 0 Å². The molecule has 4 rings (SSSR count). The number of halogens is 3. The van der Waals surface area contributed by atoms with E-state index in [1.54, 1.807) is 24.5 Å². The van der Waals surface area contributed by atoms with Gasteiger partial charge in [0.15, 0.2) is 0 Å². The maximum absolute atomic E-state index is 13.3. The van der Waals surface area contributed by atoms with Crippen LogP contribution < -0.4 is 10.9 Å². The third-order valence-corrected chi connectivity index (χ3v) is 6.67. The summed E-state index contributed by atoms with van der Waals surface area (Å²) in [5.74, 6) is 1.09. The Morgan fingerprint density at radius 2 is 1.87 bits per heavy atom. The first-order valence-corrected chi connectivity index (χ1v) is 10.7. The van der Waals surface area contributed by atoms with E-state index in [9.17, 15) is 13.6 Å². The summed E-state index contributed by atoms with van der Waals surface area (Å²) in [5, 5.41) is 4.08. The van der Waals surface area contributed by atoms with Crippen molar-refractivity contribution in [3.8, 4) is 0 Å². The standard InChI is InChI=1S/C22H23BrF2N4O/c1-11-14(6-5-7-15(11)19(24)25)12(2)26-20-16-10-29(22(4)8-9-22)21(30)17(23)18(16)27-13(3)28-20/h5-7,10,12,19H,8-9H2,1-4H3,(H,26,27,28)/t12-/m0/s1. The molecule has 158 valence electrons. The van der Waals surface area contributed by atoms with Gasteiger partial charge in [-0.05, 0) is 67.6 Å². The average Bonchev–Trinajstić information content (AvgIpc) is 3.43. The van der Waals surface area contributed by atoms with Gasteiger partial charge in [0.05, 0.1) is 16.9 Å². The van der Waals surface area contributed by atoms with Gasteiger partial charge in [0.25, 0.3) is 12.0 Å². The van der Waals surface area contributed by atoms with Gasteiger partial charge in [-0.25, -0.2) is 18.7 Å². The highest BCUT2D eigenvalue weighted by molar-refractivity contribution is 9.10. The Labute approximate surface area is 181 Å². The summed E-state index contributed by atoms with van der Waals surface area (Å²) in [5.41, 5.74) is 1.61. The van der Waals surface area contributed by atoms with Crippen LogP contribution in [0.2, 0.25) is 0 Å². The van der Waals surface area contributed by atoms with E-state index >= 15 is 0 Å². The number of alkyl halides is 2. The molecule has 1 saturated carbocycles. The van der Waals surface area contributed by atoms with Gasteiger partial charge in [-0.2, -0.15) is 0 Å². The maximum Gasteiger partial charge on any atom is 0.267 e. The Bertz CT molecular complexity index is 1200. The molecular weight excluding hydrogens is 454 g/mol. The molecule has 0 saturated heterocycles. The molecule has 3 aromatic rings. The van der Waals surface area contributed by atoms with Crippen molar-refractivity contribution < 1.29 is 8.78 Å². The number of fused-ring (bicyclic) bond motifs is 1. The number of nitrogens with one attached hydrogen (secondary N) is 1. The summed E-state index contributed by atoms with van der Waals surface area (Å²) in [4.78, 5) is 21.9. The molecule has 30 heavy (non-hydrogen) atoms. The van der Waals surface area contributed by atoms with Gasteiger partial charge in [0.2, 0.25) is 0 Å². The molecule has 1 atom stereocenters. The highest BCUT2D eigenvalue weighted by atomic mass is 79.9. The summed E-state index contributed by atoms with van der Waals surface area (Å²) < 4.78 is 28.8. The van der Waals surface area contributed by atoms with Crippen LogP contribution in [-0.4, -0.2) is 14.5 Å². The summed E-state index contributed by atoms with van der Waals surface area (Å²) in [7, 11) is 0. The van der Waals surface area contributed by atoms with Gasteiger partial charge < -0.3 is 9.88 Å². The summed E-state index contributed by atoms with van der Waals surface area (Å²) >= 11 is 3.43. The van der Waals surface area contributed by atoms with Gasteiger partial charge in [-0.3, -0.25) is 4.79 Å². The van der Waals surface area contributed by atoms with E-state index in [4.69, 9.17) is 0 Å². The van der Waals surface area contributed by atoms with Crippen molar-refractivity contribution in [2.45, 2.75) is 58.5 Å². The van der Waals surface area contributed by atoms with E-state index in [2.05, 4.69) is 38.1 Å². The molecule has 1 aromatic carbocycles. The molecular formula is C22H23BrF2N4O. The zero-order valence-corrected chi connectivity index (χ0v) is 18.8. The topological polar surface area (TPSA) is 59.8 Å². The predicted octanol–water partition coefficient (Wildman–Crippen LogP) is 5.79. The molecule has 2 heterocycles. The number of nitrogens with zero attached hydrogens (tertiary/aromatic N) is 3. The average molecular weight is 477 g/mol. The van der Waals surface area contributed by atoms with E-state index in [1.807, 2.05) is 19.2 Å².